The van der Waals surface area contributed by atoms with E-state index in [9.17, 15) is 0 Å². The molecule has 0 aliphatic rings. The molecule has 8 aromatic carbocycles. The van der Waals surface area contributed by atoms with Gasteiger partial charge in [-0.05, 0) is 77.9 Å². The van der Waals surface area contributed by atoms with E-state index in [1.807, 2.05) is 11.3 Å². The number of furan rings is 1. The Morgan fingerprint density at radius 3 is 1.56 bits per heavy atom. The molecule has 0 aliphatic heterocycles. The highest BCUT2D eigenvalue weighted by atomic mass is 32.1. The van der Waals surface area contributed by atoms with E-state index in [0.717, 1.165) is 60.6 Å². The molecule has 4 aromatic heterocycles. The first-order valence-corrected chi connectivity index (χ1v) is 18.5. The first kappa shape index (κ1) is 28.1. The number of rotatable bonds is 3. The number of para-hydroxylation sites is 3. The van der Waals surface area contributed by atoms with Crippen LogP contribution in [0.1, 0.15) is 0 Å². The van der Waals surface area contributed by atoms with Gasteiger partial charge in [0.15, 0.2) is 0 Å². The molecule has 0 N–H and O–H groups in total. The lowest BCUT2D eigenvalue weighted by molar-refractivity contribution is 0.677. The molecule has 0 atom stereocenters. The van der Waals surface area contributed by atoms with Crippen LogP contribution < -0.4 is 0 Å². The van der Waals surface area contributed by atoms with Crippen molar-refractivity contribution in [3.63, 3.8) is 0 Å². The molecule has 0 spiro atoms. The molecule has 0 aliphatic carbocycles. The third-order valence-corrected chi connectivity index (χ3v) is 12.2. The largest absolute Gasteiger partial charge is 0.455 e. The van der Waals surface area contributed by atoms with Crippen LogP contribution in [0.3, 0.4) is 0 Å². The number of benzene rings is 8. The summed E-state index contributed by atoms with van der Waals surface area (Å²) >= 11 is 1.88. The first-order valence-electron chi connectivity index (χ1n) is 17.7. The lowest BCUT2D eigenvalue weighted by Crippen LogP contribution is -1.93. The first-order chi connectivity index (χ1) is 25.8. The molecule has 4 heterocycles. The Bertz CT molecular complexity index is 3390. The van der Waals surface area contributed by atoms with Gasteiger partial charge in [0.2, 0.25) is 0 Å². The predicted octanol–water partition coefficient (Wildman–Crippen LogP) is 13.8. The van der Waals surface area contributed by atoms with Gasteiger partial charge in [-0.2, -0.15) is 0 Å². The fraction of sp³-hybridized carbons (Fsp3) is 0. The fourth-order valence-corrected chi connectivity index (χ4v) is 9.93. The summed E-state index contributed by atoms with van der Waals surface area (Å²) in [5, 5.41) is 9.58. The van der Waals surface area contributed by atoms with Gasteiger partial charge in [0.25, 0.3) is 0 Å². The second-order valence-corrected chi connectivity index (χ2v) is 14.7. The quantitative estimate of drug-likeness (QED) is 0.182. The predicted molar refractivity (Wildman–Crippen MR) is 221 cm³/mol. The van der Waals surface area contributed by atoms with Crippen LogP contribution in [0.2, 0.25) is 0 Å². The van der Waals surface area contributed by atoms with Crippen LogP contribution in [0.15, 0.2) is 174 Å². The summed E-state index contributed by atoms with van der Waals surface area (Å²) in [6, 6.07) is 61.5. The maximum absolute atomic E-state index is 7.11. The maximum atomic E-state index is 7.11. The van der Waals surface area contributed by atoms with Gasteiger partial charge in [0.1, 0.15) is 11.2 Å². The highest BCUT2D eigenvalue weighted by Crippen LogP contribution is 2.45. The van der Waals surface area contributed by atoms with Gasteiger partial charge in [-0.3, -0.25) is 0 Å². The number of hydrogen-bond acceptors (Lipinski definition) is 2. The van der Waals surface area contributed by atoms with Crippen LogP contribution in [-0.2, 0) is 0 Å². The van der Waals surface area contributed by atoms with Crippen LogP contribution >= 0.6 is 11.3 Å². The van der Waals surface area contributed by atoms with E-state index in [1.165, 1.54) is 47.6 Å². The van der Waals surface area contributed by atoms with Gasteiger partial charge in [0, 0.05) is 53.1 Å². The highest BCUT2D eigenvalue weighted by Gasteiger charge is 2.22. The lowest BCUT2D eigenvalue weighted by atomic mass is 10.0. The minimum atomic E-state index is 0.930. The van der Waals surface area contributed by atoms with Crippen LogP contribution in [0.4, 0.5) is 0 Å². The van der Waals surface area contributed by atoms with Crippen LogP contribution in [0.25, 0.3) is 108 Å². The Morgan fingerprint density at radius 2 is 0.904 bits per heavy atom. The molecule has 12 rings (SSSR count). The molecule has 0 fully saturated rings. The summed E-state index contributed by atoms with van der Waals surface area (Å²) in [6.07, 6.45) is 0. The molecule has 0 saturated carbocycles. The Hall–Kier alpha value is -6.62. The Labute approximate surface area is 301 Å². The van der Waals surface area contributed by atoms with Crippen molar-refractivity contribution >= 4 is 97.1 Å². The van der Waals surface area contributed by atoms with Crippen molar-refractivity contribution in [1.29, 1.82) is 0 Å². The van der Waals surface area contributed by atoms with E-state index in [-0.39, 0.29) is 0 Å². The van der Waals surface area contributed by atoms with Gasteiger partial charge in [-0.25, -0.2) is 0 Å². The topological polar surface area (TPSA) is 23.0 Å². The molecule has 4 heteroatoms. The van der Waals surface area contributed by atoms with Crippen molar-refractivity contribution in [2.45, 2.75) is 0 Å². The zero-order valence-corrected chi connectivity index (χ0v) is 28.7. The van der Waals surface area contributed by atoms with Crippen LogP contribution in [-0.4, -0.2) is 9.13 Å². The lowest BCUT2D eigenvalue weighted by Gasteiger charge is -2.10. The van der Waals surface area contributed by atoms with Gasteiger partial charge < -0.3 is 13.6 Å². The molecule has 0 unspecified atom stereocenters. The zero-order valence-electron chi connectivity index (χ0n) is 27.9. The average Bonchev–Trinajstić information content (AvgIpc) is 3.95. The number of aromatic nitrogens is 2. The van der Waals surface area contributed by atoms with E-state index in [1.54, 1.807) is 0 Å². The second-order valence-electron chi connectivity index (χ2n) is 13.6. The SMILES string of the molecule is c1ccc(-n2c3ccccc3c3c4oc5c(ccc6c5c5ccccc5n6-c5ccc(-c6cccc7c6sc6ccccc67)cc5)c4ccc32)cc1. The Kier molecular flexibility index (Phi) is 5.65. The molecular weight excluding hydrogens is 653 g/mol. The fourth-order valence-electron chi connectivity index (χ4n) is 8.69. The van der Waals surface area contributed by atoms with Gasteiger partial charge >= 0.3 is 0 Å². The van der Waals surface area contributed by atoms with Crippen molar-refractivity contribution in [3.05, 3.63) is 170 Å². The normalized spacial score (nSPS) is 12.2. The molecule has 242 valence electrons. The van der Waals surface area contributed by atoms with Crippen LogP contribution in [0.5, 0.6) is 0 Å². The summed E-state index contributed by atoms with van der Waals surface area (Å²) in [5.74, 6) is 0. The van der Waals surface area contributed by atoms with Crippen molar-refractivity contribution in [1.82, 2.24) is 9.13 Å². The van der Waals surface area contributed by atoms with E-state index in [2.05, 4.69) is 179 Å². The number of fused-ring (bicyclic) bond motifs is 14. The van der Waals surface area contributed by atoms with Crippen molar-refractivity contribution in [2.75, 3.05) is 0 Å². The van der Waals surface area contributed by atoms with E-state index < -0.39 is 0 Å². The van der Waals surface area contributed by atoms with E-state index in [0.29, 0.717) is 0 Å². The summed E-state index contributed by atoms with van der Waals surface area (Å²) in [4.78, 5) is 0. The van der Waals surface area contributed by atoms with Gasteiger partial charge in [-0.1, -0.05) is 103 Å². The third kappa shape index (κ3) is 3.74. The van der Waals surface area contributed by atoms with Crippen LogP contribution in [0, 0.1) is 0 Å². The zero-order chi connectivity index (χ0) is 33.9. The van der Waals surface area contributed by atoms with Crippen molar-refractivity contribution < 1.29 is 4.42 Å². The molecule has 3 nitrogen and oxygen atoms in total. The molecule has 12 aromatic rings. The molecule has 0 bridgehead atoms. The van der Waals surface area contributed by atoms with Gasteiger partial charge in [-0.15, -0.1) is 11.3 Å². The molecular formula is C48H28N2OS. The molecule has 0 saturated heterocycles. The summed E-state index contributed by atoms with van der Waals surface area (Å²) < 4.78 is 14.5. The Morgan fingerprint density at radius 1 is 0.365 bits per heavy atom. The van der Waals surface area contributed by atoms with Crippen molar-refractivity contribution in [2.24, 2.45) is 0 Å². The minimum Gasteiger partial charge on any atom is -0.455 e. The molecule has 0 amide bonds. The maximum Gasteiger partial charge on any atom is 0.145 e. The summed E-state index contributed by atoms with van der Waals surface area (Å²) in [6.45, 7) is 0. The standard InChI is InChI=1S/C48H28N2OS/c1-2-11-30(12-3-1)49-39-18-7-4-14-37(39)44-41(49)27-25-34-35-26-28-42-45(47(35)51-46(34)44)38-15-5-8-19-40(38)50(42)31-23-21-29(22-24-31)32-16-10-17-36-33-13-6-9-20-43(33)52-48(32)36/h1-28H. The van der Waals surface area contributed by atoms with E-state index in [4.69, 9.17) is 4.42 Å². The highest BCUT2D eigenvalue weighted by molar-refractivity contribution is 7.26. The number of thiophene rings is 1. The van der Waals surface area contributed by atoms with Crippen molar-refractivity contribution in [3.8, 4) is 22.5 Å². The number of nitrogens with zero attached hydrogens (tertiary/aromatic N) is 2. The third-order valence-electron chi connectivity index (χ3n) is 10.9. The number of hydrogen-bond donors (Lipinski definition) is 0. The Balaban J connectivity index is 1.09. The summed E-state index contributed by atoms with van der Waals surface area (Å²) in [7, 11) is 0. The minimum absolute atomic E-state index is 0.930. The smallest absolute Gasteiger partial charge is 0.145 e. The summed E-state index contributed by atoms with van der Waals surface area (Å²) in [5.41, 5.74) is 11.2. The second kappa shape index (κ2) is 10.5. The van der Waals surface area contributed by atoms with E-state index >= 15 is 0 Å². The monoisotopic (exact) mass is 680 g/mol. The average molecular weight is 681 g/mol. The molecule has 0 radical (unpaired) electrons. The van der Waals surface area contributed by atoms with Gasteiger partial charge in [0.05, 0.1) is 32.8 Å². The molecule has 52 heavy (non-hydrogen) atoms.